The molecule has 2 aromatic heterocycles. The van der Waals surface area contributed by atoms with Crippen molar-refractivity contribution in [2.45, 2.75) is 19.3 Å². The molecule has 0 fully saturated rings. The van der Waals surface area contributed by atoms with E-state index in [9.17, 15) is 5.11 Å². The summed E-state index contributed by atoms with van der Waals surface area (Å²) in [6.07, 6.45) is 3.49. The summed E-state index contributed by atoms with van der Waals surface area (Å²) in [4.78, 5) is 12.3. The molecule has 0 amide bonds. The van der Waals surface area contributed by atoms with E-state index < -0.39 is 0 Å². The average Bonchev–Trinajstić information content (AvgIpc) is 3.04. The molecule has 5 nitrogen and oxygen atoms in total. The minimum atomic E-state index is -0.280. The fourth-order valence-electron chi connectivity index (χ4n) is 2.39. The summed E-state index contributed by atoms with van der Waals surface area (Å²) in [7, 11) is 0. The number of H-pyrrole nitrogens is 1. The predicted molar refractivity (Wildman–Crippen MR) is 98.7 cm³/mol. The maximum absolute atomic E-state index is 10.0. The number of nitrogens with one attached hydrogen (secondary N) is 1. The van der Waals surface area contributed by atoms with Crippen LogP contribution in [0.1, 0.15) is 19.7 Å². The number of benzene rings is 1. The van der Waals surface area contributed by atoms with Crippen LogP contribution in [0.25, 0.3) is 22.5 Å². The van der Waals surface area contributed by atoms with Gasteiger partial charge in [0.05, 0.1) is 15.9 Å². The Morgan fingerprint density at radius 2 is 1.88 bits per heavy atom. The molecule has 0 saturated carbocycles. The predicted octanol–water partition coefficient (Wildman–Crippen LogP) is 3.84. The van der Waals surface area contributed by atoms with Gasteiger partial charge in [-0.25, -0.2) is 4.98 Å². The molecule has 6 heteroatoms. The maximum Gasteiger partial charge on any atom is 0.130 e. The Balaban J connectivity index is 2.21. The lowest BCUT2D eigenvalue weighted by Gasteiger charge is -2.18. The maximum atomic E-state index is 10.0. The third-order valence-electron chi connectivity index (χ3n) is 4.04. The number of halogens is 1. The van der Waals surface area contributed by atoms with Gasteiger partial charge in [0, 0.05) is 35.5 Å². The van der Waals surface area contributed by atoms with Gasteiger partial charge >= 0.3 is 0 Å². The van der Waals surface area contributed by atoms with Crippen molar-refractivity contribution < 1.29 is 5.11 Å². The fraction of sp³-hybridized carbons (Fsp3) is 0.222. The molecule has 0 aliphatic carbocycles. The number of nitrogens with zero attached hydrogens (tertiary/aromatic N) is 2. The summed E-state index contributed by atoms with van der Waals surface area (Å²) in [5.74, 6) is 0.991. The second-order valence-corrected chi connectivity index (χ2v) is 7.15. The number of aromatic nitrogens is 3. The van der Waals surface area contributed by atoms with E-state index in [4.69, 9.17) is 10.7 Å². The molecule has 0 aliphatic rings. The van der Waals surface area contributed by atoms with E-state index in [2.05, 4.69) is 25.9 Å². The smallest absolute Gasteiger partial charge is 0.130 e. The minimum Gasteiger partial charge on any atom is -0.507 e. The number of rotatable bonds is 4. The topological polar surface area (TPSA) is 87.8 Å². The lowest BCUT2D eigenvalue weighted by molar-refractivity contribution is 0.472. The van der Waals surface area contributed by atoms with Crippen molar-refractivity contribution in [3.8, 4) is 28.3 Å². The molecule has 3 rings (SSSR count). The molecule has 0 bridgehead atoms. The number of aromatic hydroxyl groups is 1. The second kappa shape index (κ2) is 6.37. The molecule has 0 radical (unpaired) electrons. The van der Waals surface area contributed by atoms with Crippen LogP contribution in [0.4, 0.5) is 0 Å². The Bertz CT molecular complexity index is 859. The summed E-state index contributed by atoms with van der Waals surface area (Å²) >= 11 is 3.31. The van der Waals surface area contributed by atoms with Crippen molar-refractivity contribution in [2.24, 2.45) is 5.73 Å². The van der Waals surface area contributed by atoms with E-state index in [1.807, 2.05) is 38.1 Å². The number of hydrogen-bond donors (Lipinski definition) is 3. The van der Waals surface area contributed by atoms with Gasteiger partial charge in [0.1, 0.15) is 11.6 Å². The van der Waals surface area contributed by atoms with E-state index in [-0.39, 0.29) is 11.2 Å². The Morgan fingerprint density at radius 1 is 1.17 bits per heavy atom. The van der Waals surface area contributed by atoms with Crippen LogP contribution in [0.15, 0.2) is 47.2 Å². The highest BCUT2D eigenvalue weighted by atomic mass is 79.9. The Hall–Kier alpha value is -2.18. The number of phenols is 1. The lowest BCUT2D eigenvalue weighted by atomic mass is 9.93. The first-order valence-corrected chi connectivity index (χ1v) is 8.41. The number of hydrogen-bond acceptors (Lipinski definition) is 4. The third-order valence-corrected chi connectivity index (χ3v) is 4.71. The van der Waals surface area contributed by atoms with Gasteiger partial charge in [-0.1, -0.05) is 19.9 Å². The van der Waals surface area contributed by atoms with Crippen molar-refractivity contribution in [1.29, 1.82) is 0 Å². The first-order valence-electron chi connectivity index (χ1n) is 7.62. The zero-order valence-electron chi connectivity index (χ0n) is 13.5. The second-order valence-electron chi connectivity index (χ2n) is 6.30. The number of aromatic amines is 1. The van der Waals surface area contributed by atoms with Crippen molar-refractivity contribution >= 4 is 15.9 Å². The van der Waals surface area contributed by atoms with Gasteiger partial charge in [0.25, 0.3) is 0 Å². The van der Waals surface area contributed by atoms with Gasteiger partial charge in [-0.05, 0) is 40.2 Å². The van der Waals surface area contributed by atoms with Crippen LogP contribution in [-0.2, 0) is 5.41 Å². The van der Waals surface area contributed by atoms with Crippen molar-refractivity contribution in [3.05, 3.63) is 53.0 Å². The van der Waals surface area contributed by atoms with Gasteiger partial charge in [-0.2, -0.15) is 0 Å². The highest BCUT2D eigenvalue weighted by Gasteiger charge is 2.25. The molecule has 0 atom stereocenters. The first-order chi connectivity index (χ1) is 11.4. The minimum absolute atomic E-state index is 0.177. The van der Waals surface area contributed by atoms with Gasteiger partial charge in [0.2, 0.25) is 0 Å². The summed E-state index contributed by atoms with van der Waals surface area (Å²) in [5, 5.41) is 10.0. The van der Waals surface area contributed by atoms with Crippen molar-refractivity contribution in [3.63, 3.8) is 0 Å². The number of pyridine rings is 1. The third kappa shape index (κ3) is 3.07. The standard InChI is InChI=1S/C18H19BrN4O/c1-18(2,10-20)17-22-15(11-5-7-21-8-6-11)16(23-17)12-3-4-13(19)14(24)9-12/h3-9,24H,10,20H2,1-2H3,(H,22,23). The molecule has 0 unspecified atom stereocenters. The molecule has 24 heavy (non-hydrogen) atoms. The highest BCUT2D eigenvalue weighted by Crippen LogP contribution is 2.36. The van der Waals surface area contributed by atoms with Crippen LogP contribution in [0.5, 0.6) is 5.75 Å². The largest absolute Gasteiger partial charge is 0.507 e. The van der Waals surface area contributed by atoms with Crippen LogP contribution in [0.2, 0.25) is 0 Å². The number of nitrogens with two attached hydrogens (primary N) is 1. The van der Waals surface area contributed by atoms with Crippen LogP contribution in [-0.4, -0.2) is 26.6 Å². The van der Waals surface area contributed by atoms with E-state index in [0.29, 0.717) is 11.0 Å². The number of phenolic OH excluding ortho intramolecular Hbond substituents is 1. The SMILES string of the molecule is CC(C)(CN)c1nc(-c2ccc(Br)c(O)c2)c(-c2ccncc2)[nH]1. The van der Waals surface area contributed by atoms with Gasteiger partial charge < -0.3 is 15.8 Å². The Morgan fingerprint density at radius 3 is 2.50 bits per heavy atom. The van der Waals surface area contributed by atoms with Crippen molar-refractivity contribution in [2.75, 3.05) is 6.54 Å². The summed E-state index contributed by atoms with van der Waals surface area (Å²) in [6, 6.07) is 9.28. The van der Waals surface area contributed by atoms with Crippen molar-refractivity contribution in [1.82, 2.24) is 15.0 Å². The molecular weight excluding hydrogens is 368 g/mol. The summed E-state index contributed by atoms with van der Waals surface area (Å²) in [6.45, 7) is 4.57. The Labute approximate surface area is 149 Å². The van der Waals surface area contributed by atoms with E-state index >= 15 is 0 Å². The fourth-order valence-corrected chi connectivity index (χ4v) is 2.63. The zero-order valence-corrected chi connectivity index (χ0v) is 15.1. The van der Waals surface area contributed by atoms with E-state index in [1.165, 1.54) is 0 Å². The molecule has 2 heterocycles. The average molecular weight is 387 g/mol. The van der Waals surface area contributed by atoms with Gasteiger partial charge in [-0.15, -0.1) is 0 Å². The molecule has 0 aliphatic heterocycles. The molecule has 124 valence electrons. The first kappa shape index (κ1) is 16.7. The van der Waals surface area contributed by atoms with E-state index in [1.54, 1.807) is 18.5 Å². The summed E-state index contributed by atoms with van der Waals surface area (Å²) in [5.41, 5.74) is 9.10. The van der Waals surface area contributed by atoms with Gasteiger partial charge in [-0.3, -0.25) is 4.98 Å². The lowest BCUT2D eigenvalue weighted by Crippen LogP contribution is -2.29. The van der Waals surface area contributed by atoms with Crippen LogP contribution >= 0.6 is 15.9 Å². The van der Waals surface area contributed by atoms with Gasteiger partial charge in [0.15, 0.2) is 0 Å². The monoisotopic (exact) mass is 386 g/mol. The van der Waals surface area contributed by atoms with E-state index in [0.717, 1.165) is 28.3 Å². The normalized spacial score (nSPS) is 11.7. The Kier molecular flexibility index (Phi) is 4.43. The molecular formula is C18H19BrN4O. The number of imidazole rings is 1. The van der Waals surface area contributed by atoms with Crippen LogP contribution in [0, 0.1) is 0 Å². The van der Waals surface area contributed by atoms with Crippen LogP contribution < -0.4 is 5.73 Å². The quantitative estimate of drug-likeness (QED) is 0.635. The highest BCUT2D eigenvalue weighted by molar-refractivity contribution is 9.10. The molecule has 4 N–H and O–H groups in total. The molecule has 0 spiro atoms. The zero-order chi connectivity index (χ0) is 17.3. The molecule has 1 aromatic carbocycles. The molecule has 0 saturated heterocycles. The van der Waals surface area contributed by atoms with Crippen LogP contribution in [0.3, 0.4) is 0 Å². The summed E-state index contributed by atoms with van der Waals surface area (Å²) < 4.78 is 0.648. The molecule has 3 aromatic rings.